The van der Waals surface area contributed by atoms with Crippen molar-refractivity contribution in [2.75, 3.05) is 12.5 Å². The second kappa shape index (κ2) is 7.25. The average Bonchev–Trinajstić information content (AvgIpc) is 2.42. The van der Waals surface area contributed by atoms with Crippen molar-refractivity contribution < 1.29 is 9.53 Å². The lowest BCUT2D eigenvalue weighted by atomic mass is 10.2. The monoisotopic (exact) mass is 418 g/mol. The molecule has 0 bridgehead atoms. The van der Waals surface area contributed by atoms with E-state index in [9.17, 15) is 4.79 Å². The van der Waals surface area contributed by atoms with Crippen molar-refractivity contribution in [1.82, 2.24) is 0 Å². The normalized spacial score (nSPS) is 9.10. The highest BCUT2D eigenvalue weighted by Gasteiger charge is 2.20. The van der Waals surface area contributed by atoms with Gasteiger partial charge in [0.25, 0.3) is 0 Å². The van der Waals surface area contributed by atoms with E-state index in [-0.39, 0.29) is 22.0 Å². The van der Waals surface area contributed by atoms with Crippen molar-refractivity contribution in [3.63, 3.8) is 0 Å². The maximum Gasteiger partial charge on any atom is 0.340 e. The molecule has 0 aliphatic rings. The number of nitrogens with zero attached hydrogens (tertiary/aromatic N) is 3. The van der Waals surface area contributed by atoms with E-state index in [1.807, 2.05) is 0 Å². The number of rotatable bonds is 3. The van der Waals surface area contributed by atoms with E-state index in [0.29, 0.717) is 8.95 Å². The molecule has 1 aromatic carbocycles. The molecule has 0 saturated heterocycles. The van der Waals surface area contributed by atoms with E-state index in [1.54, 1.807) is 12.1 Å². The Morgan fingerprint density at radius 1 is 1.45 bits per heavy atom. The fraction of sp³-hybridized carbons (Fsp3) is 0.0909. The molecule has 6 nitrogen and oxygen atoms in total. The Morgan fingerprint density at radius 2 is 2.05 bits per heavy atom. The van der Waals surface area contributed by atoms with Gasteiger partial charge in [-0.05, 0) is 37.9 Å². The number of hydrogen-bond acceptors (Lipinski definition) is 6. The fourth-order valence-electron chi connectivity index (χ4n) is 1.17. The van der Waals surface area contributed by atoms with Crippen LogP contribution in [0.3, 0.4) is 0 Å². The molecule has 0 radical (unpaired) electrons. The van der Waals surface area contributed by atoms with Crippen molar-refractivity contribution in [1.29, 1.82) is 10.5 Å². The number of nitriles is 2. The van der Waals surface area contributed by atoms with Gasteiger partial charge in [0.05, 0.1) is 27.9 Å². The number of benzene rings is 1. The zero-order valence-corrected chi connectivity index (χ0v) is 13.8. The minimum Gasteiger partial charge on any atom is -0.465 e. The molecule has 0 fully saturated rings. The third-order valence-corrected chi connectivity index (χ3v) is 3.77. The third kappa shape index (κ3) is 3.48. The summed E-state index contributed by atoms with van der Waals surface area (Å²) in [7, 11) is 1.24. The number of hydrogen-bond donors (Lipinski definition) is 1. The Hall–Kier alpha value is -1.61. The largest absolute Gasteiger partial charge is 0.465 e. The molecule has 102 valence electrons. The summed E-state index contributed by atoms with van der Waals surface area (Å²) in [6.45, 7) is 0. The molecule has 0 aliphatic carbocycles. The third-order valence-electron chi connectivity index (χ3n) is 2.05. The van der Waals surface area contributed by atoms with Gasteiger partial charge in [-0.1, -0.05) is 11.6 Å². The first-order valence-electron chi connectivity index (χ1n) is 4.86. The molecule has 1 N–H and O–H groups in total. The van der Waals surface area contributed by atoms with Gasteiger partial charge < -0.3 is 4.74 Å². The Labute approximate surface area is 136 Å². The highest BCUT2D eigenvalue weighted by Crippen LogP contribution is 2.38. The number of carbonyl (C=O) groups is 1. The minimum atomic E-state index is -0.590. The number of esters is 1. The van der Waals surface area contributed by atoms with Crippen LogP contribution in [-0.4, -0.2) is 18.8 Å². The number of carbonyl (C=O) groups excluding carboxylic acids is 1. The van der Waals surface area contributed by atoms with Crippen molar-refractivity contribution in [2.45, 2.75) is 0 Å². The quantitative estimate of drug-likeness (QED) is 0.459. The summed E-state index contributed by atoms with van der Waals surface area (Å²) in [5, 5.41) is 21.0. The first-order valence-corrected chi connectivity index (χ1v) is 6.82. The SMILES string of the molecule is COC(=O)c1c(Br)cc(Cl)c(NN=C(C#N)C#N)c1Br. The van der Waals surface area contributed by atoms with Gasteiger partial charge in [0, 0.05) is 4.47 Å². The highest BCUT2D eigenvalue weighted by atomic mass is 79.9. The van der Waals surface area contributed by atoms with E-state index in [4.69, 9.17) is 22.1 Å². The van der Waals surface area contributed by atoms with Crippen LogP contribution < -0.4 is 5.43 Å². The Morgan fingerprint density at radius 3 is 2.55 bits per heavy atom. The Kier molecular flexibility index (Phi) is 5.96. The van der Waals surface area contributed by atoms with Crippen LogP contribution in [0.2, 0.25) is 5.02 Å². The van der Waals surface area contributed by atoms with Gasteiger partial charge >= 0.3 is 5.97 Å². The molecule has 0 atom stereocenters. The van der Waals surface area contributed by atoms with Gasteiger partial charge in [0.1, 0.15) is 12.1 Å². The number of nitrogens with one attached hydrogen (secondary N) is 1. The maximum atomic E-state index is 11.7. The number of hydrazone groups is 1. The summed E-state index contributed by atoms with van der Waals surface area (Å²) in [6.07, 6.45) is 0. The molecule has 0 spiro atoms. The van der Waals surface area contributed by atoms with Gasteiger partial charge in [-0.2, -0.15) is 15.6 Å². The zero-order valence-electron chi connectivity index (χ0n) is 9.87. The van der Waals surface area contributed by atoms with Gasteiger partial charge in [-0.25, -0.2) is 4.79 Å². The summed E-state index contributed by atoms with van der Waals surface area (Å²) < 4.78 is 5.37. The molecule has 0 amide bonds. The highest BCUT2D eigenvalue weighted by molar-refractivity contribution is 9.11. The van der Waals surface area contributed by atoms with Gasteiger partial charge in [-0.15, -0.1) is 0 Å². The fourth-order valence-corrected chi connectivity index (χ4v) is 3.19. The standard InChI is InChI=1S/C11H5Br2ClN4O2/c1-20-11(19)8-6(12)2-7(14)10(9(8)13)18-17-5(3-15)4-16/h2,18H,1H3. The average molecular weight is 420 g/mol. The van der Waals surface area contributed by atoms with Crippen LogP contribution in [0.5, 0.6) is 0 Å². The molecule has 0 aromatic heterocycles. The number of anilines is 1. The van der Waals surface area contributed by atoms with Gasteiger partial charge in [0.15, 0.2) is 0 Å². The van der Waals surface area contributed by atoms with Crippen LogP contribution in [0.4, 0.5) is 5.69 Å². The Balaban J connectivity index is 3.36. The van der Waals surface area contributed by atoms with Crippen LogP contribution in [0.25, 0.3) is 0 Å². The Bertz CT molecular complexity index is 660. The smallest absolute Gasteiger partial charge is 0.340 e. The molecule has 0 saturated carbocycles. The predicted octanol–water partition coefficient (Wildman–Crippen LogP) is 3.47. The molecule has 1 aromatic rings. The number of methoxy groups -OCH3 is 1. The number of halogens is 3. The predicted molar refractivity (Wildman–Crippen MR) is 80.5 cm³/mol. The van der Waals surface area contributed by atoms with E-state index < -0.39 is 5.97 Å². The van der Waals surface area contributed by atoms with Crippen LogP contribution in [-0.2, 0) is 4.74 Å². The molecular formula is C11H5Br2ClN4O2. The first-order chi connectivity index (χ1) is 9.46. The topological polar surface area (TPSA) is 98.3 Å². The lowest BCUT2D eigenvalue weighted by Crippen LogP contribution is -2.06. The molecule has 20 heavy (non-hydrogen) atoms. The minimum absolute atomic E-state index is 0.199. The lowest BCUT2D eigenvalue weighted by molar-refractivity contribution is 0.0598. The number of ether oxygens (including phenoxy) is 1. The zero-order chi connectivity index (χ0) is 15.3. The summed E-state index contributed by atoms with van der Waals surface area (Å²) in [4.78, 5) is 11.7. The molecule has 0 aliphatic heterocycles. The van der Waals surface area contributed by atoms with Crippen molar-refractivity contribution in [2.24, 2.45) is 5.10 Å². The van der Waals surface area contributed by atoms with E-state index >= 15 is 0 Å². The summed E-state index contributed by atoms with van der Waals surface area (Å²) in [6, 6.07) is 4.64. The van der Waals surface area contributed by atoms with Gasteiger partial charge in [0.2, 0.25) is 5.71 Å². The van der Waals surface area contributed by atoms with E-state index in [1.165, 1.54) is 13.2 Å². The molecule has 0 heterocycles. The molecular weight excluding hydrogens is 415 g/mol. The molecule has 1 rings (SSSR count). The summed E-state index contributed by atoms with van der Waals surface area (Å²) in [5.41, 5.74) is 2.52. The summed E-state index contributed by atoms with van der Waals surface area (Å²) >= 11 is 12.4. The second-order valence-electron chi connectivity index (χ2n) is 3.19. The van der Waals surface area contributed by atoms with E-state index in [0.717, 1.165) is 0 Å². The first kappa shape index (κ1) is 16.4. The molecule has 0 unspecified atom stereocenters. The summed E-state index contributed by atoms with van der Waals surface area (Å²) in [5.74, 6) is -0.590. The van der Waals surface area contributed by atoms with Gasteiger partial charge in [-0.3, -0.25) is 5.43 Å². The van der Waals surface area contributed by atoms with Crippen LogP contribution >= 0.6 is 43.5 Å². The van der Waals surface area contributed by atoms with Crippen molar-refractivity contribution in [3.05, 3.63) is 25.6 Å². The van der Waals surface area contributed by atoms with Crippen LogP contribution in [0.1, 0.15) is 10.4 Å². The van der Waals surface area contributed by atoms with Crippen LogP contribution in [0.15, 0.2) is 20.1 Å². The molecule has 9 heteroatoms. The van der Waals surface area contributed by atoms with Crippen molar-refractivity contribution >= 4 is 60.8 Å². The van der Waals surface area contributed by atoms with Crippen molar-refractivity contribution in [3.8, 4) is 12.1 Å². The second-order valence-corrected chi connectivity index (χ2v) is 5.25. The van der Waals surface area contributed by atoms with Crippen LogP contribution in [0, 0.1) is 22.7 Å². The maximum absolute atomic E-state index is 11.7. The van der Waals surface area contributed by atoms with E-state index in [2.05, 4.69) is 47.1 Å². The lowest BCUT2D eigenvalue weighted by Gasteiger charge is -2.12.